The molecule has 0 unspecified atom stereocenters. The zero-order valence-corrected chi connectivity index (χ0v) is 16.0. The number of likely N-dealkylation sites (tertiary alicyclic amines) is 1. The van der Waals surface area contributed by atoms with Gasteiger partial charge in [0.1, 0.15) is 5.82 Å². The maximum Gasteiger partial charge on any atom is 0.307 e. The van der Waals surface area contributed by atoms with Gasteiger partial charge in [-0.15, -0.1) is 0 Å². The predicted molar refractivity (Wildman–Crippen MR) is 110 cm³/mol. The number of hydrogen-bond donors (Lipinski definition) is 1. The van der Waals surface area contributed by atoms with Gasteiger partial charge in [-0.25, -0.2) is 4.39 Å². The molecular formula is C24H24FNO2. The highest BCUT2D eigenvalue weighted by atomic mass is 19.1. The molecular weight excluding hydrogens is 353 g/mol. The summed E-state index contributed by atoms with van der Waals surface area (Å²) in [6.45, 7) is 4.18. The molecule has 4 heteroatoms. The van der Waals surface area contributed by atoms with Crippen LogP contribution in [0.15, 0.2) is 65.4 Å². The third-order valence-electron chi connectivity index (χ3n) is 5.71. The minimum Gasteiger partial charge on any atom is -0.481 e. The maximum atomic E-state index is 13.8. The number of hydrogen-bond acceptors (Lipinski definition) is 2. The lowest BCUT2D eigenvalue weighted by atomic mass is 10.0. The molecule has 3 nitrogen and oxygen atoms in total. The Morgan fingerprint density at radius 1 is 1.21 bits per heavy atom. The third kappa shape index (κ3) is 3.59. The average molecular weight is 377 g/mol. The molecule has 0 atom stereocenters. The molecule has 1 saturated heterocycles. The Balaban J connectivity index is 1.72. The molecule has 1 aromatic carbocycles. The van der Waals surface area contributed by atoms with Crippen LogP contribution in [0.2, 0.25) is 0 Å². The first kappa shape index (κ1) is 18.5. The Hall–Kier alpha value is -2.88. The van der Waals surface area contributed by atoms with E-state index >= 15 is 0 Å². The van der Waals surface area contributed by atoms with E-state index in [2.05, 4.69) is 35.3 Å². The number of carboxylic acid groups (broad SMARTS) is 1. The van der Waals surface area contributed by atoms with Gasteiger partial charge in [0.05, 0.1) is 6.42 Å². The van der Waals surface area contributed by atoms with Gasteiger partial charge in [0.25, 0.3) is 0 Å². The van der Waals surface area contributed by atoms with E-state index in [1.807, 2.05) is 6.92 Å². The zero-order valence-electron chi connectivity index (χ0n) is 16.0. The number of allylic oxidation sites excluding steroid dienone is 8. The highest BCUT2D eigenvalue weighted by Gasteiger charge is 2.25. The average Bonchev–Trinajstić information content (AvgIpc) is 3.19. The van der Waals surface area contributed by atoms with Crippen LogP contribution in [-0.4, -0.2) is 29.1 Å². The Labute approximate surface area is 164 Å². The Morgan fingerprint density at radius 2 is 2.00 bits per heavy atom. The minimum absolute atomic E-state index is 0.104. The molecule has 4 rings (SSSR count). The van der Waals surface area contributed by atoms with Gasteiger partial charge < -0.3 is 10.0 Å². The lowest BCUT2D eigenvalue weighted by molar-refractivity contribution is -0.135. The summed E-state index contributed by atoms with van der Waals surface area (Å²) in [5.74, 6) is -1.25. The minimum atomic E-state index is -0.905. The van der Waals surface area contributed by atoms with Crippen molar-refractivity contribution < 1.29 is 14.3 Å². The smallest absolute Gasteiger partial charge is 0.307 e. The summed E-state index contributed by atoms with van der Waals surface area (Å²) < 4.78 is 13.8. The van der Waals surface area contributed by atoms with E-state index in [0.29, 0.717) is 11.1 Å². The number of halogens is 1. The normalized spacial score (nSPS) is 20.4. The number of carboxylic acids is 1. The summed E-state index contributed by atoms with van der Waals surface area (Å²) in [5, 5.41) is 9.28. The van der Waals surface area contributed by atoms with E-state index in [0.717, 1.165) is 41.8 Å². The molecule has 1 heterocycles. The van der Waals surface area contributed by atoms with Crippen LogP contribution < -0.4 is 0 Å². The van der Waals surface area contributed by atoms with Crippen molar-refractivity contribution in [2.75, 3.05) is 13.1 Å². The van der Waals surface area contributed by atoms with Gasteiger partial charge in [0.15, 0.2) is 0 Å². The molecule has 1 aromatic rings. The van der Waals surface area contributed by atoms with Crippen LogP contribution in [0, 0.1) is 5.82 Å². The summed E-state index contributed by atoms with van der Waals surface area (Å²) in [6, 6.07) is 4.63. The molecule has 1 aliphatic heterocycles. The Bertz CT molecular complexity index is 972. The van der Waals surface area contributed by atoms with Crippen molar-refractivity contribution in [2.45, 2.75) is 32.6 Å². The fourth-order valence-electron chi connectivity index (χ4n) is 4.27. The number of benzene rings is 1. The standard InChI is InChI=1S/C24H24FNO2/c1-16-21(20-10-8-18(25)14-23(20)22(16)15-24(27)28)13-17-5-4-6-19(9-7-17)26-11-2-3-12-26/h4-5,7-10,13-14H,2-3,6,11-12,15H2,1H3,(H,27,28)/b21-13-. The quantitative estimate of drug-likeness (QED) is 0.770. The van der Waals surface area contributed by atoms with Crippen molar-refractivity contribution in [2.24, 2.45) is 0 Å². The zero-order chi connectivity index (χ0) is 19.7. The highest BCUT2D eigenvalue weighted by Crippen LogP contribution is 2.43. The topological polar surface area (TPSA) is 40.5 Å². The van der Waals surface area contributed by atoms with Crippen LogP contribution in [0.1, 0.15) is 43.7 Å². The summed E-state index contributed by atoms with van der Waals surface area (Å²) in [7, 11) is 0. The molecule has 28 heavy (non-hydrogen) atoms. The highest BCUT2D eigenvalue weighted by molar-refractivity contribution is 6.03. The van der Waals surface area contributed by atoms with E-state index in [-0.39, 0.29) is 12.2 Å². The van der Waals surface area contributed by atoms with Crippen molar-refractivity contribution in [3.05, 3.63) is 82.4 Å². The number of carbonyl (C=O) groups is 1. The monoisotopic (exact) mass is 377 g/mol. The van der Waals surface area contributed by atoms with Crippen LogP contribution >= 0.6 is 0 Å². The van der Waals surface area contributed by atoms with Crippen LogP contribution in [0.4, 0.5) is 4.39 Å². The molecule has 1 N–H and O–H groups in total. The van der Waals surface area contributed by atoms with E-state index in [4.69, 9.17) is 0 Å². The first-order valence-electron chi connectivity index (χ1n) is 9.79. The van der Waals surface area contributed by atoms with Crippen molar-refractivity contribution in [3.63, 3.8) is 0 Å². The van der Waals surface area contributed by atoms with E-state index in [1.165, 1.54) is 30.7 Å². The number of fused-ring (bicyclic) bond motifs is 1. The number of aliphatic carboxylic acids is 1. The molecule has 0 spiro atoms. The fourth-order valence-corrected chi connectivity index (χ4v) is 4.27. The molecule has 0 aromatic heterocycles. The second-order valence-corrected chi connectivity index (χ2v) is 7.55. The van der Waals surface area contributed by atoms with Gasteiger partial charge in [0.2, 0.25) is 0 Å². The molecule has 0 amide bonds. The second-order valence-electron chi connectivity index (χ2n) is 7.55. The van der Waals surface area contributed by atoms with E-state index in [9.17, 15) is 14.3 Å². The summed E-state index contributed by atoms with van der Waals surface area (Å²) in [4.78, 5) is 13.8. The summed E-state index contributed by atoms with van der Waals surface area (Å²) >= 11 is 0. The van der Waals surface area contributed by atoms with Gasteiger partial charge in [-0.3, -0.25) is 4.79 Å². The first-order valence-corrected chi connectivity index (χ1v) is 9.79. The van der Waals surface area contributed by atoms with Crippen LogP contribution in [-0.2, 0) is 4.79 Å². The van der Waals surface area contributed by atoms with Gasteiger partial charge in [0, 0.05) is 25.2 Å². The van der Waals surface area contributed by atoms with E-state index < -0.39 is 5.97 Å². The lowest BCUT2D eigenvalue weighted by Gasteiger charge is -2.19. The molecule has 144 valence electrons. The molecule has 0 bridgehead atoms. The Kier molecular flexibility index (Phi) is 5.03. The van der Waals surface area contributed by atoms with Gasteiger partial charge in [-0.2, -0.15) is 0 Å². The molecule has 3 aliphatic rings. The number of nitrogens with zero attached hydrogens (tertiary/aromatic N) is 1. The first-order chi connectivity index (χ1) is 13.5. The summed E-state index contributed by atoms with van der Waals surface area (Å²) in [6.07, 6.45) is 14.0. The Morgan fingerprint density at radius 3 is 2.75 bits per heavy atom. The fraction of sp³-hybridized carbons (Fsp3) is 0.292. The van der Waals surface area contributed by atoms with Gasteiger partial charge in [-0.1, -0.05) is 24.3 Å². The lowest BCUT2D eigenvalue weighted by Crippen LogP contribution is -2.17. The van der Waals surface area contributed by atoms with Crippen molar-refractivity contribution >= 4 is 17.1 Å². The van der Waals surface area contributed by atoms with E-state index in [1.54, 1.807) is 6.07 Å². The molecule has 1 fully saturated rings. The molecule has 2 aliphatic carbocycles. The van der Waals surface area contributed by atoms with Crippen molar-refractivity contribution in [1.29, 1.82) is 0 Å². The van der Waals surface area contributed by atoms with Crippen LogP contribution in [0.5, 0.6) is 0 Å². The predicted octanol–water partition coefficient (Wildman–Crippen LogP) is 5.34. The largest absolute Gasteiger partial charge is 0.481 e. The second kappa shape index (κ2) is 7.63. The van der Waals surface area contributed by atoms with Crippen molar-refractivity contribution in [3.8, 4) is 0 Å². The molecule has 0 saturated carbocycles. The SMILES string of the molecule is CC1=C(CC(=O)O)c2cc(F)ccc2/C1=C\C1=CC=C(N2CCCC2)CC=C1. The number of rotatable bonds is 4. The maximum absolute atomic E-state index is 13.8. The molecule has 0 radical (unpaired) electrons. The van der Waals surface area contributed by atoms with Crippen LogP contribution in [0.3, 0.4) is 0 Å². The third-order valence-corrected chi connectivity index (χ3v) is 5.71. The van der Waals surface area contributed by atoms with Crippen molar-refractivity contribution in [1.82, 2.24) is 4.90 Å². The van der Waals surface area contributed by atoms with Gasteiger partial charge >= 0.3 is 5.97 Å². The van der Waals surface area contributed by atoms with Gasteiger partial charge in [-0.05, 0) is 77.5 Å². The van der Waals surface area contributed by atoms with Crippen LogP contribution in [0.25, 0.3) is 11.1 Å². The summed E-state index contributed by atoms with van der Waals surface area (Å²) in [5.41, 5.74) is 6.57.